The van der Waals surface area contributed by atoms with E-state index >= 15 is 0 Å². The van der Waals surface area contributed by atoms with Gasteiger partial charge in [-0.25, -0.2) is 0 Å². The molecule has 2 aromatic carbocycles. The smallest absolute Gasteiger partial charge is 0.227 e. The number of rotatable bonds is 4. The van der Waals surface area contributed by atoms with Crippen LogP contribution in [0.1, 0.15) is 22.3 Å². The van der Waals surface area contributed by atoms with Gasteiger partial charge < -0.3 is 4.90 Å². The summed E-state index contributed by atoms with van der Waals surface area (Å²) in [6.07, 6.45) is 0.514. The molecule has 0 spiro atoms. The van der Waals surface area contributed by atoms with Crippen molar-refractivity contribution in [3.8, 4) is 0 Å². The second kappa shape index (κ2) is 7.63. The van der Waals surface area contributed by atoms with Crippen LogP contribution in [0, 0.1) is 13.8 Å². The van der Waals surface area contributed by atoms with Crippen LogP contribution < -0.4 is 0 Å². The standard InChI is InChI=1S/C21H26N2O/c1-17-6-8-19(9-7-17)16-22-10-12-23(13-11-22)21(24)15-20-5-3-4-18(2)14-20/h3-9,14H,10-13,15-16H2,1-2H3. The zero-order valence-electron chi connectivity index (χ0n) is 14.7. The monoisotopic (exact) mass is 322 g/mol. The van der Waals surface area contributed by atoms with E-state index in [4.69, 9.17) is 0 Å². The molecule has 1 aliphatic rings. The van der Waals surface area contributed by atoms with Crippen molar-refractivity contribution in [2.24, 2.45) is 0 Å². The summed E-state index contributed by atoms with van der Waals surface area (Å²) in [6, 6.07) is 17.0. The van der Waals surface area contributed by atoms with Crippen molar-refractivity contribution in [3.63, 3.8) is 0 Å². The van der Waals surface area contributed by atoms with Crippen molar-refractivity contribution in [2.75, 3.05) is 26.2 Å². The molecule has 126 valence electrons. The Bertz CT molecular complexity index is 685. The molecule has 3 rings (SSSR count). The van der Waals surface area contributed by atoms with E-state index in [1.807, 2.05) is 17.0 Å². The molecule has 0 radical (unpaired) electrons. The Kier molecular flexibility index (Phi) is 5.31. The number of piperazine rings is 1. The molecular weight excluding hydrogens is 296 g/mol. The summed E-state index contributed by atoms with van der Waals surface area (Å²) >= 11 is 0. The molecule has 1 aliphatic heterocycles. The van der Waals surface area contributed by atoms with Crippen LogP contribution in [-0.2, 0) is 17.8 Å². The first-order chi connectivity index (χ1) is 11.6. The zero-order chi connectivity index (χ0) is 16.9. The van der Waals surface area contributed by atoms with Crippen LogP contribution in [0.4, 0.5) is 0 Å². The number of carbonyl (C=O) groups is 1. The third-order valence-electron chi connectivity index (χ3n) is 4.69. The van der Waals surface area contributed by atoms with Gasteiger partial charge in [-0.05, 0) is 25.0 Å². The van der Waals surface area contributed by atoms with E-state index in [9.17, 15) is 4.79 Å². The maximum Gasteiger partial charge on any atom is 0.227 e. The lowest BCUT2D eigenvalue weighted by atomic mass is 10.1. The number of benzene rings is 2. The lowest BCUT2D eigenvalue weighted by Crippen LogP contribution is -2.48. The predicted octanol–water partition coefficient (Wildman–Crippen LogP) is 3.19. The lowest BCUT2D eigenvalue weighted by molar-refractivity contribution is -0.132. The maximum atomic E-state index is 12.5. The van der Waals surface area contributed by atoms with Crippen molar-refractivity contribution in [1.29, 1.82) is 0 Å². The van der Waals surface area contributed by atoms with E-state index in [2.05, 4.69) is 55.1 Å². The number of nitrogens with zero attached hydrogens (tertiary/aromatic N) is 2. The van der Waals surface area contributed by atoms with E-state index in [1.165, 1.54) is 16.7 Å². The summed E-state index contributed by atoms with van der Waals surface area (Å²) in [5, 5.41) is 0. The van der Waals surface area contributed by atoms with Crippen molar-refractivity contribution in [3.05, 3.63) is 70.8 Å². The number of aryl methyl sites for hydroxylation is 2. The average Bonchev–Trinajstić information content (AvgIpc) is 2.57. The van der Waals surface area contributed by atoms with Crippen LogP contribution in [0.3, 0.4) is 0 Å². The first kappa shape index (κ1) is 16.7. The molecule has 24 heavy (non-hydrogen) atoms. The fourth-order valence-corrected chi connectivity index (χ4v) is 3.22. The number of amides is 1. The average molecular weight is 322 g/mol. The first-order valence-electron chi connectivity index (χ1n) is 8.71. The van der Waals surface area contributed by atoms with Crippen LogP contribution in [0.2, 0.25) is 0 Å². The molecular formula is C21H26N2O. The molecule has 1 amide bonds. The Hall–Kier alpha value is -2.13. The van der Waals surface area contributed by atoms with Crippen LogP contribution in [0.25, 0.3) is 0 Å². The Morgan fingerprint density at radius 1 is 0.875 bits per heavy atom. The highest BCUT2D eigenvalue weighted by atomic mass is 16.2. The summed E-state index contributed by atoms with van der Waals surface area (Å²) in [6.45, 7) is 8.72. The van der Waals surface area contributed by atoms with E-state index < -0.39 is 0 Å². The van der Waals surface area contributed by atoms with Crippen molar-refractivity contribution in [1.82, 2.24) is 9.80 Å². The van der Waals surface area contributed by atoms with Gasteiger partial charge in [0.2, 0.25) is 5.91 Å². The van der Waals surface area contributed by atoms with Gasteiger partial charge in [-0.3, -0.25) is 9.69 Å². The number of carbonyl (C=O) groups excluding carboxylic acids is 1. The lowest BCUT2D eigenvalue weighted by Gasteiger charge is -2.35. The molecule has 0 saturated carbocycles. The van der Waals surface area contributed by atoms with Gasteiger partial charge in [-0.2, -0.15) is 0 Å². The zero-order valence-corrected chi connectivity index (χ0v) is 14.7. The Morgan fingerprint density at radius 2 is 1.58 bits per heavy atom. The SMILES string of the molecule is Cc1ccc(CN2CCN(C(=O)Cc3cccc(C)c3)CC2)cc1. The second-order valence-corrected chi connectivity index (χ2v) is 6.81. The molecule has 0 atom stereocenters. The second-order valence-electron chi connectivity index (χ2n) is 6.81. The quantitative estimate of drug-likeness (QED) is 0.863. The normalized spacial score (nSPS) is 15.5. The minimum Gasteiger partial charge on any atom is -0.340 e. The molecule has 0 aliphatic carbocycles. The van der Waals surface area contributed by atoms with E-state index in [0.717, 1.165) is 38.3 Å². The van der Waals surface area contributed by atoms with Gasteiger partial charge in [0.1, 0.15) is 0 Å². The highest BCUT2D eigenvalue weighted by Gasteiger charge is 2.21. The fourth-order valence-electron chi connectivity index (χ4n) is 3.22. The van der Waals surface area contributed by atoms with Crippen LogP contribution in [0.15, 0.2) is 48.5 Å². The molecule has 0 bridgehead atoms. The third-order valence-corrected chi connectivity index (χ3v) is 4.69. The molecule has 1 saturated heterocycles. The summed E-state index contributed by atoms with van der Waals surface area (Å²) < 4.78 is 0. The van der Waals surface area contributed by atoms with Gasteiger partial charge in [0.25, 0.3) is 0 Å². The van der Waals surface area contributed by atoms with Gasteiger partial charge in [0.15, 0.2) is 0 Å². The summed E-state index contributed by atoms with van der Waals surface area (Å²) in [5.41, 5.74) is 4.97. The molecule has 0 unspecified atom stereocenters. The Balaban J connectivity index is 1.49. The summed E-state index contributed by atoms with van der Waals surface area (Å²) in [7, 11) is 0. The predicted molar refractivity (Wildman–Crippen MR) is 97.9 cm³/mol. The third kappa shape index (κ3) is 4.45. The van der Waals surface area contributed by atoms with Gasteiger partial charge in [-0.15, -0.1) is 0 Å². The molecule has 0 aromatic heterocycles. The molecule has 1 heterocycles. The van der Waals surface area contributed by atoms with Crippen LogP contribution in [-0.4, -0.2) is 41.9 Å². The topological polar surface area (TPSA) is 23.6 Å². The molecule has 3 heteroatoms. The van der Waals surface area contributed by atoms with Crippen LogP contribution >= 0.6 is 0 Å². The van der Waals surface area contributed by atoms with Gasteiger partial charge in [0, 0.05) is 32.7 Å². The number of hydrogen-bond donors (Lipinski definition) is 0. The highest BCUT2D eigenvalue weighted by Crippen LogP contribution is 2.12. The van der Waals surface area contributed by atoms with Crippen molar-refractivity contribution < 1.29 is 4.79 Å². The largest absolute Gasteiger partial charge is 0.340 e. The van der Waals surface area contributed by atoms with E-state index in [-0.39, 0.29) is 5.91 Å². The number of hydrogen-bond acceptors (Lipinski definition) is 2. The molecule has 2 aromatic rings. The minimum atomic E-state index is 0.246. The maximum absolute atomic E-state index is 12.5. The van der Waals surface area contributed by atoms with Gasteiger partial charge >= 0.3 is 0 Å². The molecule has 0 N–H and O–H groups in total. The van der Waals surface area contributed by atoms with Crippen molar-refractivity contribution in [2.45, 2.75) is 26.8 Å². The van der Waals surface area contributed by atoms with E-state index in [0.29, 0.717) is 6.42 Å². The van der Waals surface area contributed by atoms with E-state index in [1.54, 1.807) is 0 Å². The summed E-state index contributed by atoms with van der Waals surface area (Å²) in [5.74, 6) is 0.246. The highest BCUT2D eigenvalue weighted by molar-refractivity contribution is 5.79. The Morgan fingerprint density at radius 3 is 2.25 bits per heavy atom. The Labute approximate surface area is 144 Å². The minimum absolute atomic E-state index is 0.246. The fraction of sp³-hybridized carbons (Fsp3) is 0.381. The van der Waals surface area contributed by atoms with Crippen LogP contribution in [0.5, 0.6) is 0 Å². The molecule has 3 nitrogen and oxygen atoms in total. The van der Waals surface area contributed by atoms with Gasteiger partial charge in [-0.1, -0.05) is 59.7 Å². The summed E-state index contributed by atoms with van der Waals surface area (Å²) in [4.78, 5) is 16.9. The molecule has 1 fully saturated rings. The first-order valence-corrected chi connectivity index (χ1v) is 8.71. The van der Waals surface area contributed by atoms with Gasteiger partial charge in [0.05, 0.1) is 6.42 Å². The van der Waals surface area contributed by atoms with Crippen molar-refractivity contribution >= 4 is 5.91 Å².